The molecule has 0 amide bonds. The summed E-state index contributed by atoms with van der Waals surface area (Å²) in [4.78, 5) is 4.55. The zero-order valence-electron chi connectivity index (χ0n) is 10.4. The van der Waals surface area contributed by atoms with E-state index in [1.165, 1.54) is 5.56 Å². The molecule has 0 aliphatic carbocycles. The van der Waals surface area contributed by atoms with Crippen molar-refractivity contribution >= 4 is 71.5 Å². The fraction of sp³-hybridized carbons (Fsp3) is 0.0714. The van der Waals surface area contributed by atoms with Crippen LogP contribution in [0.25, 0.3) is 10.2 Å². The number of aromatic nitrogens is 1. The van der Waals surface area contributed by atoms with Gasteiger partial charge in [-0.15, -0.1) is 0 Å². The molecule has 0 unspecified atom stereocenters. The Morgan fingerprint density at radius 1 is 1.15 bits per heavy atom. The van der Waals surface area contributed by atoms with Crippen molar-refractivity contribution in [1.82, 2.24) is 4.98 Å². The second-order valence-electron chi connectivity index (χ2n) is 4.36. The first-order valence-electron chi connectivity index (χ1n) is 5.82. The number of hydrogen-bond donors (Lipinski definition) is 1. The van der Waals surface area contributed by atoms with Crippen molar-refractivity contribution in [3.05, 3.63) is 50.4 Å². The number of thiazole rings is 1. The van der Waals surface area contributed by atoms with Crippen LogP contribution < -0.4 is 5.32 Å². The lowest BCUT2D eigenvalue weighted by Crippen LogP contribution is -1.91. The highest BCUT2D eigenvalue weighted by molar-refractivity contribution is 9.10. The molecule has 2 aromatic carbocycles. The molecule has 0 saturated carbocycles. The Balaban J connectivity index is 2.01. The van der Waals surface area contributed by atoms with E-state index in [-0.39, 0.29) is 0 Å². The maximum absolute atomic E-state index is 6.21. The van der Waals surface area contributed by atoms with Gasteiger partial charge in [0.25, 0.3) is 0 Å². The maximum atomic E-state index is 6.21. The third-order valence-electron chi connectivity index (χ3n) is 2.78. The molecule has 0 radical (unpaired) electrons. The molecule has 0 saturated heterocycles. The van der Waals surface area contributed by atoms with E-state index in [0.29, 0.717) is 15.7 Å². The van der Waals surface area contributed by atoms with Gasteiger partial charge in [-0.05, 0) is 36.8 Å². The first-order chi connectivity index (χ1) is 9.52. The molecular weight excluding hydrogens is 379 g/mol. The van der Waals surface area contributed by atoms with Gasteiger partial charge in [0, 0.05) is 4.47 Å². The lowest BCUT2D eigenvalue weighted by atomic mass is 10.2. The lowest BCUT2D eigenvalue weighted by molar-refractivity contribution is 1.42. The molecule has 0 fully saturated rings. The molecule has 2 nitrogen and oxygen atoms in total. The van der Waals surface area contributed by atoms with Crippen molar-refractivity contribution in [2.45, 2.75) is 6.92 Å². The van der Waals surface area contributed by atoms with E-state index in [4.69, 9.17) is 23.2 Å². The van der Waals surface area contributed by atoms with Crippen molar-refractivity contribution in [2.75, 3.05) is 5.32 Å². The molecule has 0 aliphatic rings. The summed E-state index contributed by atoms with van der Waals surface area (Å²) >= 11 is 17.3. The van der Waals surface area contributed by atoms with Gasteiger partial charge < -0.3 is 5.32 Å². The topological polar surface area (TPSA) is 24.9 Å². The van der Waals surface area contributed by atoms with Gasteiger partial charge in [0.15, 0.2) is 5.13 Å². The molecule has 0 aliphatic heterocycles. The van der Waals surface area contributed by atoms with E-state index in [1.54, 1.807) is 23.5 Å². The van der Waals surface area contributed by atoms with Crippen molar-refractivity contribution in [3.8, 4) is 0 Å². The SMILES string of the molecule is Cc1ccc2sc(Nc3c(Cl)cc(Br)cc3Cl)nc2c1. The Kier molecular flexibility index (Phi) is 3.91. The highest BCUT2D eigenvalue weighted by Crippen LogP contribution is 2.37. The van der Waals surface area contributed by atoms with Crippen molar-refractivity contribution < 1.29 is 0 Å². The van der Waals surface area contributed by atoms with Crippen molar-refractivity contribution in [1.29, 1.82) is 0 Å². The van der Waals surface area contributed by atoms with Crippen LogP contribution in [-0.2, 0) is 0 Å². The Morgan fingerprint density at radius 3 is 2.55 bits per heavy atom. The molecule has 1 heterocycles. The largest absolute Gasteiger partial charge is 0.329 e. The summed E-state index contributed by atoms with van der Waals surface area (Å²) in [5.74, 6) is 0. The summed E-state index contributed by atoms with van der Waals surface area (Å²) in [5, 5.41) is 5.08. The third kappa shape index (κ3) is 2.79. The van der Waals surface area contributed by atoms with Crippen LogP contribution in [0.4, 0.5) is 10.8 Å². The summed E-state index contributed by atoms with van der Waals surface area (Å²) < 4.78 is 1.97. The standard InChI is InChI=1S/C14H9BrCl2N2S/c1-7-2-3-12-11(4-7)18-14(20-12)19-13-9(16)5-8(15)6-10(13)17/h2-6H,1H3,(H,18,19). The van der Waals surface area contributed by atoms with Crippen LogP contribution in [0.2, 0.25) is 10.0 Å². The highest BCUT2D eigenvalue weighted by atomic mass is 79.9. The third-order valence-corrected chi connectivity index (χ3v) is 4.79. The minimum absolute atomic E-state index is 0.555. The van der Waals surface area contributed by atoms with E-state index in [2.05, 4.69) is 44.4 Å². The number of rotatable bonds is 2. The molecular formula is C14H9BrCl2N2S. The predicted molar refractivity (Wildman–Crippen MR) is 91.8 cm³/mol. The number of halogens is 3. The van der Waals surface area contributed by atoms with Gasteiger partial charge in [-0.3, -0.25) is 0 Å². The van der Waals surface area contributed by atoms with Crippen molar-refractivity contribution in [3.63, 3.8) is 0 Å². The average Bonchev–Trinajstić information content (AvgIpc) is 2.75. The summed E-state index contributed by atoms with van der Waals surface area (Å²) in [6.45, 7) is 2.05. The second kappa shape index (κ2) is 5.53. The van der Waals surface area contributed by atoms with Gasteiger partial charge in [0.05, 0.1) is 25.9 Å². The fourth-order valence-corrected chi connectivity index (χ4v) is 4.01. The summed E-state index contributed by atoms with van der Waals surface area (Å²) in [5.41, 5.74) is 2.84. The number of anilines is 2. The van der Waals surface area contributed by atoms with E-state index in [9.17, 15) is 0 Å². The monoisotopic (exact) mass is 386 g/mol. The second-order valence-corrected chi connectivity index (χ2v) is 7.12. The molecule has 1 aromatic heterocycles. The van der Waals surface area contributed by atoms with E-state index >= 15 is 0 Å². The average molecular weight is 388 g/mol. The minimum Gasteiger partial charge on any atom is -0.329 e. The number of nitrogens with zero attached hydrogens (tertiary/aromatic N) is 1. The summed E-state index contributed by atoms with van der Waals surface area (Å²) in [6.07, 6.45) is 0. The van der Waals surface area contributed by atoms with Crippen LogP contribution in [0.3, 0.4) is 0 Å². The zero-order valence-corrected chi connectivity index (χ0v) is 14.3. The van der Waals surface area contributed by atoms with E-state index in [1.807, 2.05) is 6.92 Å². The van der Waals surface area contributed by atoms with Crippen LogP contribution in [0.15, 0.2) is 34.8 Å². The van der Waals surface area contributed by atoms with Crippen LogP contribution in [0.1, 0.15) is 5.56 Å². The first kappa shape index (κ1) is 14.1. The van der Waals surface area contributed by atoms with Gasteiger partial charge in [0.2, 0.25) is 0 Å². The van der Waals surface area contributed by atoms with Crippen LogP contribution in [0, 0.1) is 6.92 Å². The minimum atomic E-state index is 0.555. The zero-order chi connectivity index (χ0) is 14.3. The lowest BCUT2D eigenvalue weighted by Gasteiger charge is -2.08. The quantitative estimate of drug-likeness (QED) is 0.548. The van der Waals surface area contributed by atoms with Crippen LogP contribution >= 0.6 is 50.5 Å². The maximum Gasteiger partial charge on any atom is 0.188 e. The number of hydrogen-bond acceptors (Lipinski definition) is 3. The van der Waals surface area contributed by atoms with Gasteiger partial charge in [-0.1, -0.05) is 56.5 Å². The van der Waals surface area contributed by atoms with E-state index < -0.39 is 0 Å². The van der Waals surface area contributed by atoms with Gasteiger partial charge in [-0.2, -0.15) is 0 Å². The Morgan fingerprint density at radius 2 is 1.85 bits per heavy atom. The Bertz CT molecular complexity index is 778. The number of fused-ring (bicyclic) bond motifs is 1. The van der Waals surface area contributed by atoms with Crippen molar-refractivity contribution in [2.24, 2.45) is 0 Å². The molecule has 0 atom stereocenters. The van der Waals surface area contributed by atoms with Crippen LogP contribution in [-0.4, -0.2) is 4.98 Å². The Labute approximate surface area is 138 Å². The van der Waals surface area contributed by atoms with Gasteiger partial charge >= 0.3 is 0 Å². The Hall–Kier alpha value is -0.810. The fourth-order valence-electron chi connectivity index (χ4n) is 1.86. The van der Waals surface area contributed by atoms with Gasteiger partial charge in [-0.25, -0.2) is 4.98 Å². The molecule has 3 rings (SSSR count). The number of aryl methyl sites for hydroxylation is 1. The molecule has 102 valence electrons. The normalized spacial score (nSPS) is 11.0. The van der Waals surface area contributed by atoms with E-state index in [0.717, 1.165) is 19.8 Å². The molecule has 20 heavy (non-hydrogen) atoms. The molecule has 3 aromatic rings. The molecule has 0 spiro atoms. The molecule has 0 bridgehead atoms. The summed E-state index contributed by atoms with van der Waals surface area (Å²) in [7, 11) is 0. The number of nitrogens with one attached hydrogen (secondary N) is 1. The van der Waals surface area contributed by atoms with Gasteiger partial charge in [0.1, 0.15) is 0 Å². The van der Waals surface area contributed by atoms with Crippen LogP contribution in [0.5, 0.6) is 0 Å². The smallest absolute Gasteiger partial charge is 0.188 e. The summed E-state index contributed by atoms with van der Waals surface area (Å²) in [6, 6.07) is 9.80. The molecule has 1 N–H and O–H groups in total. The first-order valence-corrected chi connectivity index (χ1v) is 8.18. The highest BCUT2D eigenvalue weighted by Gasteiger charge is 2.10. The predicted octanol–water partition coefficient (Wildman–Crippen LogP) is 6.42. The number of benzene rings is 2. The molecule has 6 heteroatoms.